The number of anilines is 3. The van der Waals surface area contributed by atoms with Gasteiger partial charge in [0.1, 0.15) is 24.7 Å². The molecule has 0 spiro atoms. The number of nitrogens with one attached hydrogen (secondary N) is 1. The van der Waals surface area contributed by atoms with Gasteiger partial charge in [0.15, 0.2) is 11.5 Å². The van der Waals surface area contributed by atoms with Gasteiger partial charge in [-0.05, 0) is 134 Å². The molecule has 4 aliphatic rings. The molecule has 0 fully saturated rings. The van der Waals surface area contributed by atoms with Gasteiger partial charge in [-0.25, -0.2) is 0 Å². The van der Waals surface area contributed by atoms with Gasteiger partial charge in [-0.15, -0.1) is 0 Å². The monoisotopic (exact) mass is 955 g/mol. The number of rotatable bonds is 16. The highest BCUT2D eigenvalue weighted by atomic mass is 33.1. The lowest BCUT2D eigenvalue weighted by atomic mass is 9.96. The number of fused-ring (bicyclic) bond motifs is 8. The number of methoxy groups -OCH3 is 1. The van der Waals surface area contributed by atoms with Gasteiger partial charge in [0.2, 0.25) is 5.91 Å². The first-order chi connectivity index (χ1) is 32.7. The van der Waals surface area contributed by atoms with Crippen molar-refractivity contribution in [3.63, 3.8) is 0 Å². The molecule has 5 aromatic rings. The molecule has 12 nitrogen and oxygen atoms in total. The summed E-state index contributed by atoms with van der Waals surface area (Å²) in [5.41, 5.74) is 8.85. The third-order valence-electron chi connectivity index (χ3n) is 13.4. The first kappa shape index (κ1) is 47.3. The number of ether oxygens (including phenoxy) is 3. The fraction of sp³-hybridized carbons (Fsp3) is 0.370. The van der Waals surface area contributed by atoms with Gasteiger partial charge in [0.05, 0.1) is 36.1 Å². The van der Waals surface area contributed by atoms with Crippen LogP contribution in [0.1, 0.15) is 99.7 Å². The van der Waals surface area contributed by atoms with Gasteiger partial charge in [0, 0.05) is 59.6 Å². The largest absolute Gasteiger partial charge is 0.493 e. The molecule has 9 rings (SSSR count). The molecular formula is C54H57N3O9S2. The van der Waals surface area contributed by atoms with Crippen molar-refractivity contribution in [2.24, 2.45) is 0 Å². The molecule has 5 aromatic carbocycles. The van der Waals surface area contributed by atoms with Gasteiger partial charge in [-0.2, -0.15) is 0 Å². The first-order valence-corrected chi connectivity index (χ1v) is 25.6. The van der Waals surface area contributed by atoms with E-state index in [1.165, 1.54) is 17.9 Å². The number of hydrogen-bond acceptors (Lipinski definition) is 11. The second-order valence-corrected chi connectivity index (χ2v) is 21.6. The van der Waals surface area contributed by atoms with Crippen molar-refractivity contribution in [3.8, 4) is 17.2 Å². The average molecular weight is 956 g/mol. The Morgan fingerprint density at radius 3 is 1.84 bits per heavy atom. The molecule has 354 valence electrons. The number of amides is 3. The van der Waals surface area contributed by atoms with E-state index in [1.807, 2.05) is 107 Å². The molecule has 0 saturated carbocycles. The van der Waals surface area contributed by atoms with Crippen molar-refractivity contribution in [3.05, 3.63) is 141 Å². The summed E-state index contributed by atoms with van der Waals surface area (Å²) in [6.45, 7) is 7.68. The maximum absolute atomic E-state index is 14.2. The third kappa shape index (κ3) is 9.48. The number of aryl methyl sites for hydroxylation is 1. The van der Waals surface area contributed by atoms with Crippen LogP contribution in [0.5, 0.6) is 17.2 Å². The van der Waals surface area contributed by atoms with Crippen LogP contribution in [-0.2, 0) is 48.5 Å². The molecule has 14 heteroatoms. The van der Waals surface area contributed by atoms with E-state index in [2.05, 4.69) is 5.32 Å². The van der Waals surface area contributed by atoms with Crippen LogP contribution in [0, 0.1) is 6.92 Å². The van der Waals surface area contributed by atoms with Crippen LogP contribution in [0.15, 0.2) is 91.0 Å². The topological polar surface area (TPSA) is 155 Å². The number of benzene rings is 5. The van der Waals surface area contributed by atoms with Crippen molar-refractivity contribution in [2.45, 2.75) is 115 Å². The molecule has 0 aliphatic carbocycles. The summed E-state index contributed by atoms with van der Waals surface area (Å²) in [5, 5.41) is 26.0. The normalized spacial score (nSPS) is 19.2. The lowest BCUT2D eigenvalue weighted by Crippen LogP contribution is -2.43. The zero-order valence-corrected chi connectivity index (χ0v) is 40.6. The minimum atomic E-state index is -0.810. The number of carbonyl (C=O) groups excluding carboxylic acids is 4. The van der Waals surface area contributed by atoms with Crippen LogP contribution in [0.25, 0.3) is 0 Å². The minimum absolute atomic E-state index is 0.0631. The average Bonchev–Trinajstić information content (AvgIpc) is 3.87. The maximum Gasteiger partial charge on any atom is 0.259 e. The number of Topliss-reactive ketones (excluding diaryl/α,β-unsaturated/α-hetero) is 1. The highest BCUT2D eigenvalue weighted by molar-refractivity contribution is 8.77. The molecule has 3 N–H and O–H groups in total. The van der Waals surface area contributed by atoms with E-state index in [0.717, 1.165) is 51.4 Å². The Labute approximate surface area is 405 Å². The van der Waals surface area contributed by atoms with E-state index in [0.29, 0.717) is 77.3 Å². The van der Waals surface area contributed by atoms with E-state index in [1.54, 1.807) is 32.7 Å². The van der Waals surface area contributed by atoms with E-state index in [9.17, 15) is 29.4 Å². The zero-order valence-electron chi connectivity index (χ0n) is 39.0. The van der Waals surface area contributed by atoms with Gasteiger partial charge in [0.25, 0.3) is 11.8 Å². The molecule has 4 aliphatic heterocycles. The number of hydrogen-bond donors (Lipinski definition) is 3. The SMILES string of the molecule is CCC(=O)CCCSSC(C)(C)C(=O)Nc1cc(COc2cc3c(cc2C)C(=O)N2c4ccccc4C[C@H]2C(O)C3)cc(COc2cc3c(cc2OC)C(=O)N2c4ccccc4C[C@H]2C(O)C3)c1. The van der Waals surface area contributed by atoms with Gasteiger partial charge < -0.3 is 39.5 Å². The summed E-state index contributed by atoms with van der Waals surface area (Å²) in [7, 11) is 4.56. The molecule has 4 heterocycles. The summed E-state index contributed by atoms with van der Waals surface area (Å²) >= 11 is 0. The van der Waals surface area contributed by atoms with E-state index < -0.39 is 17.0 Å². The second-order valence-electron chi connectivity index (χ2n) is 18.6. The van der Waals surface area contributed by atoms with Crippen LogP contribution < -0.4 is 29.3 Å². The molecule has 68 heavy (non-hydrogen) atoms. The number of para-hydroxylation sites is 2. The maximum atomic E-state index is 14.2. The summed E-state index contributed by atoms with van der Waals surface area (Å²) in [6, 6.07) is 27.7. The smallest absolute Gasteiger partial charge is 0.259 e. The van der Waals surface area contributed by atoms with Crippen molar-refractivity contribution in [1.29, 1.82) is 0 Å². The van der Waals surface area contributed by atoms with Crippen molar-refractivity contribution < 1.29 is 43.6 Å². The van der Waals surface area contributed by atoms with Crippen molar-refractivity contribution >= 4 is 62.2 Å². The standard InChI is InChI=1S/C54H57N3O9S2/c1-6-39(58)14-11-17-67-68-54(3,4)53(63)55-38-20-32(29-65-48-26-36-24-46(59)44-22-34-12-7-9-15-42(34)56(44)51(61)40(36)18-31(48)2)19-33(21-38)30-66-50-27-37-25-47(60)45-23-35-13-8-10-16-43(35)57(45)52(62)41(37)28-49(50)64-5/h7-10,12-13,15-16,18-21,26-28,44-47,59-60H,6,11,14,17,22-25,29-30H2,1-5H3,(H,55,63)/t44-,45-,46?,47?/m0/s1. The van der Waals surface area contributed by atoms with E-state index in [4.69, 9.17) is 14.2 Å². The Morgan fingerprint density at radius 2 is 1.26 bits per heavy atom. The Hall–Kier alpha value is -5.80. The van der Waals surface area contributed by atoms with Crippen LogP contribution >= 0.6 is 21.6 Å². The highest BCUT2D eigenvalue weighted by Crippen LogP contribution is 2.43. The van der Waals surface area contributed by atoms with Crippen LogP contribution in [0.2, 0.25) is 0 Å². The summed E-state index contributed by atoms with van der Waals surface area (Å²) in [4.78, 5) is 57.4. The molecule has 2 unspecified atom stereocenters. The van der Waals surface area contributed by atoms with Crippen LogP contribution in [-0.4, -0.2) is 75.6 Å². The van der Waals surface area contributed by atoms with Crippen LogP contribution in [0.3, 0.4) is 0 Å². The minimum Gasteiger partial charge on any atom is -0.493 e. The van der Waals surface area contributed by atoms with E-state index >= 15 is 0 Å². The van der Waals surface area contributed by atoms with Crippen molar-refractivity contribution in [1.82, 2.24) is 0 Å². The highest BCUT2D eigenvalue weighted by Gasteiger charge is 2.43. The number of ketones is 1. The fourth-order valence-corrected chi connectivity index (χ4v) is 12.3. The second kappa shape index (κ2) is 19.7. The molecule has 4 atom stereocenters. The Morgan fingerprint density at radius 1 is 0.721 bits per heavy atom. The van der Waals surface area contributed by atoms with Gasteiger partial charge >= 0.3 is 0 Å². The van der Waals surface area contributed by atoms with Crippen molar-refractivity contribution in [2.75, 3.05) is 28.0 Å². The molecule has 0 bridgehead atoms. The quantitative estimate of drug-likeness (QED) is 0.0642. The predicted octanol–water partition coefficient (Wildman–Crippen LogP) is 9.00. The summed E-state index contributed by atoms with van der Waals surface area (Å²) in [5.74, 6) is 1.78. The molecule has 0 aromatic heterocycles. The summed E-state index contributed by atoms with van der Waals surface area (Å²) in [6.07, 6.45) is 1.94. The predicted molar refractivity (Wildman–Crippen MR) is 267 cm³/mol. The first-order valence-electron chi connectivity index (χ1n) is 23.3. The molecule has 3 amide bonds. The Balaban J connectivity index is 0.964. The summed E-state index contributed by atoms with van der Waals surface area (Å²) < 4.78 is 18.0. The number of aliphatic hydroxyl groups is 2. The van der Waals surface area contributed by atoms with Gasteiger partial charge in [-0.1, -0.05) is 64.9 Å². The zero-order chi connectivity index (χ0) is 47.9. The Kier molecular flexibility index (Phi) is 13.7. The number of aliphatic hydroxyl groups excluding tert-OH is 2. The van der Waals surface area contributed by atoms with E-state index in [-0.39, 0.29) is 55.2 Å². The number of nitrogens with zero attached hydrogens (tertiary/aromatic N) is 2. The number of carbonyl (C=O) groups is 4. The van der Waals surface area contributed by atoms with Crippen LogP contribution in [0.4, 0.5) is 17.1 Å². The Bertz CT molecular complexity index is 2790. The van der Waals surface area contributed by atoms with Gasteiger partial charge in [-0.3, -0.25) is 19.2 Å². The molecule has 0 saturated heterocycles. The lowest BCUT2D eigenvalue weighted by molar-refractivity contribution is -0.119. The lowest BCUT2D eigenvalue weighted by Gasteiger charge is -2.26. The molecular weight excluding hydrogens is 899 g/mol. The third-order valence-corrected chi connectivity index (χ3v) is 16.7. The fourth-order valence-electron chi connectivity index (χ4n) is 9.78. The molecule has 0 radical (unpaired) electrons.